The largest absolute Gasteiger partial charge is 0.497 e. The summed E-state index contributed by atoms with van der Waals surface area (Å²) in [5.74, 6) is 1.85. The Bertz CT molecular complexity index is 948. The average molecular weight is 324 g/mol. The summed E-state index contributed by atoms with van der Waals surface area (Å²) < 4.78 is 12.4. The van der Waals surface area contributed by atoms with E-state index in [2.05, 4.69) is 15.1 Å². The third kappa shape index (κ3) is 2.12. The van der Waals surface area contributed by atoms with Crippen molar-refractivity contribution in [1.82, 2.24) is 19.6 Å². The minimum atomic E-state index is 0.0778. The number of methoxy groups -OCH3 is 2. The third-order valence-corrected chi connectivity index (χ3v) is 4.26. The SMILES string of the molecule is COc1ccc(-c2c3c(nc4ncnn24)CCCC3=O)c(OC)c1. The van der Waals surface area contributed by atoms with Crippen molar-refractivity contribution in [3.8, 4) is 22.8 Å². The Morgan fingerprint density at radius 1 is 1.17 bits per heavy atom. The van der Waals surface area contributed by atoms with Gasteiger partial charge in [0.1, 0.15) is 17.8 Å². The summed E-state index contributed by atoms with van der Waals surface area (Å²) in [6.45, 7) is 0. The Kier molecular flexibility index (Phi) is 3.41. The highest BCUT2D eigenvalue weighted by atomic mass is 16.5. The zero-order valence-corrected chi connectivity index (χ0v) is 13.4. The van der Waals surface area contributed by atoms with Gasteiger partial charge in [0.15, 0.2) is 5.78 Å². The molecule has 0 N–H and O–H groups in total. The second-order valence-electron chi connectivity index (χ2n) is 5.60. The van der Waals surface area contributed by atoms with E-state index in [0.29, 0.717) is 35.0 Å². The van der Waals surface area contributed by atoms with Crippen LogP contribution in [0.3, 0.4) is 0 Å². The summed E-state index contributed by atoms with van der Waals surface area (Å²) in [6, 6.07) is 5.50. The van der Waals surface area contributed by atoms with Gasteiger partial charge in [-0.15, -0.1) is 0 Å². The molecule has 0 aliphatic heterocycles. The van der Waals surface area contributed by atoms with Crippen molar-refractivity contribution in [3.05, 3.63) is 35.8 Å². The maximum absolute atomic E-state index is 12.6. The molecule has 0 radical (unpaired) electrons. The fourth-order valence-electron chi connectivity index (χ4n) is 3.15. The van der Waals surface area contributed by atoms with Gasteiger partial charge in [0, 0.05) is 18.1 Å². The number of benzene rings is 1. The Hall–Kier alpha value is -2.96. The van der Waals surface area contributed by atoms with E-state index in [0.717, 1.165) is 24.1 Å². The van der Waals surface area contributed by atoms with Crippen LogP contribution in [0.25, 0.3) is 17.0 Å². The second kappa shape index (κ2) is 5.59. The van der Waals surface area contributed by atoms with Crippen molar-refractivity contribution in [2.24, 2.45) is 0 Å². The van der Waals surface area contributed by atoms with Crippen LogP contribution in [-0.2, 0) is 6.42 Å². The number of aromatic nitrogens is 4. The molecule has 2 aromatic heterocycles. The Balaban J connectivity index is 2.08. The number of hydrogen-bond acceptors (Lipinski definition) is 6. The zero-order valence-electron chi connectivity index (χ0n) is 13.4. The lowest BCUT2D eigenvalue weighted by molar-refractivity contribution is 0.0971. The highest BCUT2D eigenvalue weighted by Gasteiger charge is 2.28. The third-order valence-electron chi connectivity index (χ3n) is 4.26. The predicted octanol–water partition coefficient (Wildman–Crippen LogP) is 2.33. The fourth-order valence-corrected chi connectivity index (χ4v) is 3.15. The summed E-state index contributed by atoms with van der Waals surface area (Å²) >= 11 is 0. The molecule has 2 heterocycles. The molecule has 3 aromatic rings. The molecule has 7 heteroatoms. The number of carbonyl (C=O) groups excluding carboxylic acids is 1. The van der Waals surface area contributed by atoms with Crippen molar-refractivity contribution < 1.29 is 14.3 Å². The van der Waals surface area contributed by atoms with E-state index >= 15 is 0 Å². The number of aryl methyl sites for hydroxylation is 1. The topological polar surface area (TPSA) is 78.6 Å². The van der Waals surface area contributed by atoms with Crippen molar-refractivity contribution in [2.45, 2.75) is 19.3 Å². The molecule has 1 aromatic carbocycles. The van der Waals surface area contributed by atoms with Crippen LogP contribution in [-0.4, -0.2) is 39.6 Å². The number of nitrogens with zero attached hydrogens (tertiary/aromatic N) is 4. The van der Waals surface area contributed by atoms with Gasteiger partial charge in [-0.25, -0.2) is 4.98 Å². The molecule has 0 amide bonds. The van der Waals surface area contributed by atoms with Crippen LogP contribution in [0.2, 0.25) is 0 Å². The van der Waals surface area contributed by atoms with Crippen LogP contribution < -0.4 is 9.47 Å². The molecule has 122 valence electrons. The van der Waals surface area contributed by atoms with Gasteiger partial charge in [0.25, 0.3) is 5.78 Å². The lowest BCUT2D eigenvalue weighted by Gasteiger charge is -2.19. The maximum atomic E-state index is 12.6. The van der Waals surface area contributed by atoms with E-state index in [4.69, 9.17) is 9.47 Å². The molecule has 1 aliphatic carbocycles. The van der Waals surface area contributed by atoms with Crippen LogP contribution in [0, 0.1) is 0 Å². The number of rotatable bonds is 3. The Morgan fingerprint density at radius 3 is 2.83 bits per heavy atom. The van der Waals surface area contributed by atoms with Crippen molar-refractivity contribution in [1.29, 1.82) is 0 Å². The monoisotopic (exact) mass is 324 g/mol. The highest BCUT2D eigenvalue weighted by molar-refractivity contribution is 6.04. The number of ketones is 1. The minimum Gasteiger partial charge on any atom is -0.497 e. The van der Waals surface area contributed by atoms with E-state index < -0.39 is 0 Å². The van der Waals surface area contributed by atoms with Crippen LogP contribution in [0.5, 0.6) is 11.5 Å². The molecular formula is C17H16N4O3. The van der Waals surface area contributed by atoms with Gasteiger partial charge < -0.3 is 9.47 Å². The molecule has 4 rings (SSSR count). The van der Waals surface area contributed by atoms with Gasteiger partial charge in [-0.3, -0.25) is 4.79 Å². The second-order valence-corrected chi connectivity index (χ2v) is 5.60. The van der Waals surface area contributed by atoms with Crippen molar-refractivity contribution >= 4 is 11.6 Å². The number of ether oxygens (including phenoxy) is 2. The van der Waals surface area contributed by atoms with Crippen LogP contribution in [0.4, 0.5) is 0 Å². The summed E-state index contributed by atoms with van der Waals surface area (Å²) in [6.07, 6.45) is 3.52. The average Bonchev–Trinajstić information content (AvgIpc) is 3.07. The highest BCUT2D eigenvalue weighted by Crippen LogP contribution is 2.37. The normalized spacial score (nSPS) is 13.8. The van der Waals surface area contributed by atoms with Gasteiger partial charge in [-0.2, -0.15) is 14.6 Å². The van der Waals surface area contributed by atoms with Crippen LogP contribution in [0.15, 0.2) is 24.5 Å². The van der Waals surface area contributed by atoms with E-state index in [1.54, 1.807) is 24.8 Å². The predicted molar refractivity (Wildman–Crippen MR) is 86.6 cm³/mol. The van der Waals surface area contributed by atoms with Gasteiger partial charge >= 0.3 is 0 Å². The number of carbonyl (C=O) groups is 1. The first kappa shape index (κ1) is 14.6. The van der Waals surface area contributed by atoms with E-state index in [1.165, 1.54) is 6.33 Å². The minimum absolute atomic E-state index is 0.0778. The summed E-state index contributed by atoms with van der Waals surface area (Å²) in [5, 5.41) is 4.26. The lowest BCUT2D eigenvalue weighted by atomic mass is 9.91. The number of hydrogen-bond donors (Lipinski definition) is 0. The van der Waals surface area contributed by atoms with Crippen molar-refractivity contribution in [3.63, 3.8) is 0 Å². The van der Waals surface area contributed by atoms with Gasteiger partial charge in [-0.05, 0) is 25.0 Å². The molecule has 0 spiro atoms. The molecule has 0 fully saturated rings. The smallest absolute Gasteiger partial charge is 0.252 e. The maximum Gasteiger partial charge on any atom is 0.252 e. The molecule has 1 aliphatic rings. The summed E-state index contributed by atoms with van der Waals surface area (Å²) in [5.41, 5.74) is 2.83. The molecule has 0 bridgehead atoms. The Labute approximate surface area is 138 Å². The molecule has 0 unspecified atom stereocenters. The first-order chi connectivity index (χ1) is 11.7. The summed E-state index contributed by atoms with van der Waals surface area (Å²) in [4.78, 5) is 21.3. The molecule has 0 saturated carbocycles. The quantitative estimate of drug-likeness (QED) is 0.736. The van der Waals surface area contributed by atoms with Crippen molar-refractivity contribution in [2.75, 3.05) is 14.2 Å². The summed E-state index contributed by atoms with van der Waals surface area (Å²) in [7, 11) is 3.19. The molecule has 24 heavy (non-hydrogen) atoms. The molecular weight excluding hydrogens is 308 g/mol. The fraction of sp³-hybridized carbons (Fsp3) is 0.294. The van der Waals surface area contributed by atoms with Crippen LogP contribution in [0.1, 0.15) is 28.9 Å². The Morgan fingerprint density at radius 2 is 2.04 bits per heavy atom. The van der Waals surface area contributed by atoms with E-state index in [-0.39, 0.29) is 5.78 Å². The molecule has 0 atom stereocenters. The standard InChI is InChI=1S/C17H16N4O3/c1-23-10-6-7-11(14(8-10)24-2)16-15-12(4-3-5-13(15)22)20-17-18-9-19-21(16)17/h6-9H,3-5H2,1-2H3. The van der Waals surface area contributed by atoms with Crippen LogP contribution >= 0.6 is 0 Å². The van der Waals surface area contributed by atoms with E-state index in [1.807, 2.05) is 12.1 Å². The first-order valence-corrected chi connectivity index (χ1v) is 7.71. The van der Waals surface area contributed by atoms with E-state index in [9.17, 15) is 4.79 Å². The van der Waals surface area contributed by atoms with Gasteiger partial charge in [0.2, 0.25) is 0 Å². The molecule has 7 nitrogen and oxygen atoms in total. The van der Waals surface area contributed by atoms with Gasteiger partial charge in [-0.1, -0.05) is 0 Å². The zero-order chi connectivity index (χ0) is 16.7. The first-order valence-electron chi connectivity index (χ1n) is 7.71. The van der Waals surface area contributed by atoms with Gasteiger partial charge in [0.05, 0.1) is 31.2 Å². The lowest BCUT2D eigenvalue weighted by Crippen LogP contribution is -2.17. The number of fused-ring (bicyclic) bond motifs is 2. The number of Topliss-reactive ketones (excluding diaryl/α,β-unsaturated/α-hetero) is 1. The molecule has 0 saturated heterocycles.